The topological polar surface area (TPSA) is 62.2 Å². The summed E-state index contributed by atoms with van der Waals surface area (Å²) in [5.74, 6) is 1.28. The highest BCUT2D eigenvalue weighted by atomic mass is 16.5. The van der Waals surface area contributed by atoms with Crippen molar-refractivity contribution in [3.05, 3.63) is 59.1 Å². The van der Waals surface area contributed by atoms with Crippen molar-refractivity contribution in [3.8, 4) is 11.5 Å². The number of ketones is 1. The van der Waals surface area contributed by atoms with E-state index in [0.29, 0.717) is 41.3 Å². The highest BCUT2D eigenvalue weighted by molar-refractivity contribution is 5.83. The standard InChI is InChI=1S/C25H34N2O4/c1-19-7-6-8-20(2)23(19)15-21(28)16-26-11-13-27(14-12-26)17-22(29)18-31-25-10-5-4-9-24(25)30-3/h4-10,22,29H,11-18H2,1-3H3/i6D,7D,8D. The van der Waals surface area contributed by atoms with Gasteiger partial charge in [-0.25, -0.2) is 0 Å². The van der Waals surface area contributed by atoms with E-state index in [1.165, 1.54) is 0 Å². The van der Waals surface area contributed by atoms with Crippen LogP contribution in [0.1, 0.15) is 20.8 Å². The molecule has 0 spiro atoms. The molecule has 1 aliphatic rings. The van der Waals surface area contributed by atoms with Crippen molar-refractivity contribution in [2.24, 2.45) is 0 Å². The monoisotopic (exact) mass is 429 g/mol. The van der Waals surface area contributed by atoms with E-state index in [1.807, 2.05) is 18.2 Å². The van der Waals surface area contributed by atoms with E-state index in [4.69, 9.17) is 13.6 Å². The van der Waals surface area contributed by atoms with E-state index in [0.717, 1.165) is 26.2 Å². The second-order valence-electron chi connectivity index (χ2n) is 8.01. The van der Waals surface area contributed by atoms with Crippen LogP contribution in [0.15, 0.2) is 42.4 Å². The van der Waals surface area contributed by atoms with E-state index >= 15 is 0 Å². The number of carbonyl (C=O) groups excluding carboxylic acids is 1. The van der Waals surface area contributed by atoms with Crippen LogP contribution in [-0.2, 0) is 11.2 Å². The van der Waals surface area contributed by atoms with Gasteiger partial charge in [0.05, 0.1) is 17.8 Å². The van der Waals surface area contributed by atoms with Crippen LogP contribution in [0.3, 0.4) is 0 Å². The predicted octanol–water partition coefficient (Wildman–Crippen LogP) is 2.48. The Balaban J connectivity index is 1.44. The summed E-state index contributed by atoms with van der Waals surface area (Å²) in [6, 6.07) is 7.31. The third kappa shape index (κ3) is 6.79. The number of hydrogen-bond donors (Lipinski definition) is 1. The maximum absolute atomic E-state index is 12.7. The average Bonchev–Trinajstić information content (AvgIpc) is 2.84. The molecule has 1 heterocycles. The summed E-state index contributed by atoms with van der Waals surface area (Å²) in [4.78, 5) is 17.0. The van der Waals surface area contributed by atoms with E-state index in [-0.39, 0.29) is 36.9 Å². The minimum absolute atomic E-state index is 0.0280. The highest BCUT2D eigenvalue weighted by Crippen LogP contribution is 2.25. The van der Waals surface area contributed by atoms with Crippen LogP contribution >= 0.6 is 0 Å². The molecule has 6 nitrogen and oxygen atoms in total. The molecule has 1 saturated heterocycles. The molecule has 1 N–H and O–H groups in total. The average molecular weight is 430 g/mol. The number of para-hydroxylation sites is 2. The maximum Gasteiger partial charge on any atom is 0.161 e. The lowest BCUT2D eigenvalue weighted by Crippen LogP contribution is -2.50. The van der Waals surface area contributed by atoms with Crippen LogP contribution in [0.25, 0.3) is 0 Å². The smallest absolute Gasteiger partial charge is 0.161 e. The summed E-state index contributed by atoms with van der Waals surface area (Å²) in [6.07, 6.45) is -0.461. The van der Waals surface area contributed by atoms with Crippen LogP contribution in [0.4, 0.5) is 0 Å². The first-order valence-corrected chi connectivity index (χ1v) is 10.7. The number of rotatable bonds is 10. The summed E-state index contributed by atoms with van der Waals surface area (Å²) in [7, 11) is 1.58. The van der Waals surface area contributed by atoms with Crippen LogP contribution in [0.2, 0.25) is 0 Å². The number of nitrogens with zero attached hydrogens (tertiary/aromatic N) is 2. The fourth-order valence-electron chi connectivity index (χ4n) is 3.82. The predicted molar refractivity (Wildman–Crippen MR) is 122 cm³/mol. The minimum Gasteiger partial charge on any atom is -0.493 e. The minimum atomic E-state index is -0.637. The molecule has 1 unspecified atom stereocenters. The van der Waals surface area contributed by atoms with Gasteiger partial charge in [0.2, 0.25) is 0 Å². The van der Waals surface area contributed by atoms with Crippen LogP contribution in [-0.4, -0.2) is 79.8 Å². The number of methoxy groups -OCH3 is 1. The Hall–Kier alpha value is -2.41. The molecule has 2 aromatic carbocycles. The van der Waals surface area contributed by atoms with Crippen LogP contribution in [0, 0.1) is 13.8 Å². The summed E-state index contributed by atoms with van der Waals surface area (Å²) < 4.78 is 34.9. The Morgan fingerprint density at radius 3 is 2.35 bits per heavy atom. The van der Waals surface area contributed by atoms with Crippen molar-refractivity contribution in [1.29, 1.82) is 0 Å². The van der Waals surface area contributed by atoms with Crippen molar-refractivity contribution >= 4 is 5.78 Å². The van der Waals surface area contributed by atoms with Gasteiger partial charge in [-0.15, -0.1) is 0 Å². The molecule has 6 heteroatoms. The van der Waals surface area contributed by atoms with E-state index < -0.39 is 6.10 Å². The molecule has 1 atom stereocenters. The molecule has 2 aromatic rings. The Morgan fingerprint density at radius 2 is 1.71 bits per heavy atom. The Kier molecular flexibility index (Phi) is 7.02. The van der Waals surface area contributed by atoms with Gasteiger partial charge >= 0.3 is 0 Å². The Labute approximate surface area is 189 Å². The zero-order valence-corrected chi connectivity index (χ0v) is 18.6. The van der Waals surface area contributed by atoms with Crippen molar-refractivity contribution in [3.63, 3.8) is 0 Å². The van der Waals surface area contributed by atoms with Gasteiger partial charge < -0.3 is 14.6 Å². The molecule has 0 amide bonds. The van der Waals surface area contributed by atoms with E-state index in [1.54, 1.807) is 27.0 Å². The summed E-state index contributed by atoms with van der Waals surface area (Å²) in [5, 5.41) is 10.4. The highest BCUT2D eigenvalue weighted by Gasteiger charge is 2.21. The second-order valence-corrected chi connectivity index (χ2v) is 8.01. The zero-order chi connectivity index (χ0) is 24.8. The lowest BCUT2D eigenvalue weighted by Gasteiger charge is -2.35. The van der Waals surface area contributed by atoms with Crippen molar-refractivity contribution in [2.45, 2.75) is 26.4 Å². The number of carbonyl (C=O) groups is 1. The third-order valence-electron chi connectivity index (χ3n) is 5.61. The van der Waals surface area contributed by atoms with Crippen LogP contribution in [0.5, 0.6) is 11.5 Å². The summed E-state index contributed by atoms with van der Waals surface area (Å²) in [5.41, 5.74) is 1.93. The first-order valence-electron chi connectivity index (χ1n) is 12.2. The van der Waals surface area contributed by atoms with E-state index in [2.05, 4.69) is 9.80 Å². The van der Waals surface area contributed by atoms with Gasteiger partial charge in [-0.1, -0.05) is 30.3 Å². The molecular weight excluding hydrogens is 392 g/mol. The van der Waals surface area contributed by atoms with Crippen LogP contribution < -0.4 is 9.47 Å². The maximum atomic E-state index is 12.7. The summed E-state index contributed by atoms with van der Waals surface area (Å²) in [6.45, 7) is 7.42. The molecule has 1 fully saturated rings. The second kappa shape index (κ2) is 11.3. The number of Topliss-reactive ketones (excluding diaryl/α,β-unsaturated/α-hetero) is 1. The molecular formula is C25H34N2O4. The van der Waals surface area contributed by atoms with Gasteiger partial charge in [-0.3, -0.25) is 14.6 Å². The van der Waals surface area contributed by atoms with Gasteiger partial charge in [0, 0.05) is 39.1 Å². The Bertz CT molecular complexity index is 981. The lowest BCUT2D eigenvalue weighted by atomic mass is 9.98. The van der Waals surface area contributed by atoms with Gasteiger partial charge in [0.1, 0.15) is 12.7 Å². The normalized spacial score (nSPS) is 17.5. The molecule has 0 saturated carbocycles. The molecule has 31 heavy (non-hydrogen) atoms. The molecule has 0 radical (unpaired) electrons. The molecule has 0 aliphatic carbocycles. The number of aliphatic hydroxyl groups is 1. The number of benzene rings is 2. The number of piperazine rings is 1. The molecule has 1 aliphatic heterocycles. The number of aliphatic hydroxyl groups excluding tert-OH is 1. The summed E-state index contributed by atoms with van der Waals surface area (Å²) >= 11 is 0. The van der Waals surface area contributed by atoms with Gasteiger partial charge in [0.15, 0.2) is 17.3 Å². The van der Waals surface area contributed by atoms with Crippen molar-refractivity contribution < 1.29 is 23.5 Å². The number of β-amino-alcohol motifs (C(OH)–C–C–N with tert-alkyl or cyclic N) is 1. The lowest BCUT2D eigenvalue weighted by molar-refractivity contribution is -0.120. The molecule has 0 aromatic heterocycles. The van der Waals surface area contributed by atoms with Crippen molar-refractivity contribution in [2.75, 3.05) is 53.0 Å². The first-order chi connectivity index (χ1) is 16.2. The first kappa shape index (κ1) is 19.3. The zero-order valence-electron chi connectivity index (χ0n) is 21.6. The third-order valence-corrected chi connectivity index (χ3v) is 5.61. The van der Waals surface area contributed by atoms with Crippen molar-refractivity contribution in [1.82, 2.24) is 9.80 Å². The van der Waals surface area contributed by atoms with Gasteiger partial charge in [0.25, 0.3) is 0 Å². The van der Waals surface area contributed by atoms with Gasteiger partial charge in [-0.05, 0) is 42.7 Å². The molecule has 168 valence electrons. The largest absolute Gasteiger partial charge is 0.493 e. The van der Waals surface area contributed by atoms with E-state index in [9.17, 15) is 9.90 Å². The molecule has 0 bridgehead atoms. The quantitative estimate of drug-likeness (QED) is 0.626. The fraction of sp³-hybridized carbons (Fsp3) is 0.480. The SMILES string of the molecule is [2H]c1c([2H])c(C)c(CC(=O)CN2CCN(CC(O)COc3ccccc3OC)CC2)c(C)c1[2H]. The number of ether oxygens (including phenoxy) is 2. The Morgan fingerprint density at radius 1 is 1.10 bits per heavy atom. The number of hydrogen-bond acceptors (Lipinski definition) is 6. The fourth-order valence-corrected chi connectivity index (χ4v) is 3.82. The van der Waals surface area contributed by atoms with Gasteiger partial charge in [-0.2, -0.15) is 0 Å². The molecule has 3 rings (SSSR count).